The van der Waals surface area contributed by atoms with Gasteiger partial charge in [0.15, 0.2) is 0 Å². The van der Waals surface area contributed by atoms with Gasteiger partial charge in [0.05, 0.1) is 10.2 Å². The van der Waals surface area contributed by atoms with E-state index in [4.69, 9.17) is 5.11 Å². The number of aliphatic carboxylic acids is 1. The van der Waals surface area contributed by atoms with Gasteiger partial charge in [0.25, 0.3) is 0 Å². The second-order valence-corrected chi connectivity index (χ2v) is 5.90. The monoisotopic (exact) mass is 364 g/mol. The predicted octanol–water partition coefficient (Wildman–Crippen LogP) is 3.49. The number of nitrogens with one attached hydrogen (secondary N) is 2. The minimum atomic E-state index is -0.972. The van der Waals surface area contributed by atoms with Crippen molar-refractivity contribution in [3.8, 4) is 0 Å². The van der Waals surface area contributed by atoms with Gasteiger partial charge in [0.2, 0.25) is 0 Å². The summed E-state index contributed by atoms with van der Waals surface area (Å²) in [6.45, 7) is 3.30. The zero-order valence-corrected chi connectivity index (χ0v) is 13.1. The number of anilines is 1. The highest BCUT2D eigenvalue weighted by atomic mass is 79.9. The molecule has 8 heteroatoms. The summed E-state index contributed by atoms with van der Waals surface area (Å²) in [5.74, 6) is -2.63. The van der Waals surface area contributed by atoms with Crippen LogP contribution in [0.4, 0.5) is 19.3 Å². The van der Waals surface area contributed by atoms with Crippen LogP contribution in [0.15, 0.2) is 16.6 Å². The van der Waals surface area contributed by atoms with Gasteiger partial charge in [-0.3, -0.25) is 4.79 Å². The summed E-state index contributed by atoms with van der Waals surface area (Å²) in [4.78, 5) is 22.3. The molecule has 0 aromatic heterocycles. The Kier molecular flexibility index (Phi) is 5.65. The summed E-state index contributed by atoms with van der Waals surface area (Å²) in [7, 11) is 0. The zero-order valence-electron chi connectivity index (χ0n) is 11.5. The maximum absolute atomic E-state index is 13.3. The van der Waals surface area contributed by atoms with Crippen LogP contribution in [-0.4, -0.2) is 22.6 Å². The van der Waals surface area contributed by atoms with Crippen LogP contribution in [0.2, 0.25) is 0 Å². The van der Waals surface area contributed by atoms with Crippen LogP contribution < -0.4 is 10.6 Å². The predicted molar refractivity (Wildman–Crippen MR) is 77.2 cm³/mol. The van der Waals surface area contributed by atoms with E-state index in [1.165, 1.54) is 0 Å². The van der Waals surface area contributed by atoms with Gasteiger partial charge < -0.3 is 15.7 Å². The number of rotatable bonds is 5. The van der Waals surface area contributed by atoms with Crippen molar-refractivity contribution in [3.63, 3.8) is 0 Å². The highest BCUT2D eigenvalue weighted by Gasteiger charge is 2.22. The number of urea groups is 1. The number of hydrogen-bond donors (Lipinski definition) is 3. The van der Waals surface area contributed by atoms with E-state index in [0.717, 1.165) is 6.07 Å². The maximum Gasteiger partial charge on any atom is 0.319 e. The highest BCUT2D eigenvalue weighted by Crippen LogP contribution is 2.26. The average molecular weight is 365 g/mol. The molecular formula is C13H15BrF2N2O3. The lowest BCUT2D eigenvalue weighted by Gasteiger charge is -2.25. The molecule has 0 bridgehead atoms. The molecule has 0 heterocycles. The fraction of sp³-hybridized carbons (Fsp3) is 0.385. The molecule has 2 amide bonds. The average Bonchev–Trinajstić information content (AvgIpc) is 2.32. The van der Waals surface area contributed by atoms with Gasteiger partial charge in [0, 0.05) is 18.0 Å². The van der Waals surface area contributed by atoms with E-state index in [-0.39, 0.29) is 23.0 Å². The summed E-state index contributed by atoms with van der Waals surface area (Å²) in [5, 5.41) is 13.5. The molecule has 1 rings (SSSR count). The number of hydrogen-bond acceptors (Lipinski definition) is 2. The first kappa shape index (κ1) is 17.4. The Morgan fingerprint density at radius 1 is 1.33 bits per heavy atom. The Morgan fingerprint density at radius 3 is 2.52 bits per heavy atom. The Balaban J connectivity index is 2.72. The smallest absolute Gasteiger partial charge is 0.319 e. The largest absolute Gasteiger partial charge is 0.481 e. The Morgan fingerprint density at radius 2 is 1.95 bits per heavy atom. The van der Waals surface area contributed by atoms with E-state index in [0.29, 0.717) is 6.07 Å². The van der Waals surface area contributed by atoms with Crippen molar-refractivity contribution in [1.82, 2.24) is 5.32 Å². The van der Waals surface area contributed by atoms with Gasteiger partial charge in [0.1, 0.15) is 11.6 Å². The third-order valence-corrected chi connectivity index (χ3v) is 3.46. The summed E-state index contributed by atoms with van der Waals surface area (Å²) in [6, 6.07) is 0.970. The minimum absolute atomic E-state index is 0.0564. The second-order valence-electron chi connectivity index (χ2n) is 5.11. The van der Waals surface area contributed by atoms with Crippen LogP contribution >= 0.6 is 15.9 Å². The maximum atomic E-state index is 13.3. The molecule has 3 N–H and O–H groups in total. The molecule has 5 nitrogen and oxygen atoms in total. The number of benzene rings is 1. The molecule has 0 aliphatic heterocycles. The van der Waals surface area contributed by atoms with Crippen LogP contribution in [-0.2, 0) is 4.79 Å². The van der Waals surface area contributed by atoms with Gasteiger partial charge in [-0.15, -0.1) is 0 Å². The lowest BCUT2D eigenvalue weighted by molar-refractivity contribution is -0.137. The van der Waals surface area contributed by atoms with Crippen molar-refractivity contribution >= 4 is 33.6 Å². The van der Waals surface area contributed by atoms with Crippen LogP contribution in [0.3, 0.4) is 0 Å². The van der Waals surface area contributed by atoms with Crippen LogP contribution in [0.25, 0.3) is 0 Å². The molecule has 0 fully saturated rings. The van der Waals surface area contributed by atoms with Gasteiger partial charge >= 0.3 is 12.0 Å². The molecule has 21 heavy (non-hydrogen) atoms. The number of amides is 2. The van der Waals surface area contributed by atoms with Crippen molar-refractivity contribution in [2.75, 3.05) is 5.32 Å². The summed E-state index contributed by atoms with van der Waals surface area (Å²) < 4.78 is 26.4. The molecule has 0 saturated heterocycles. The number of carbonyl (C=O) groups excluding carboxylic acids is 1. The third-order valence-electron chi connectivity index (χ3n) is 2.66. The van der Waals surface area contributed by atoms with E-state index in [9.17, 15) is 18.4 Å². The summed E-state index contributed by atoms with van der Waals surface area (Å²) in [5.41, 5.74) is -0.833. The van der Waals surface area contributed by atoms with E-state index >= 15 is 0 Å². The third kappa shape index (κ3) is 5.66. The summed E-state index contributed by atoms with van der Waals surface area (Å²) >= 11 is 2.91. The molecule has 116 valence electrons. The van der Waals surface area contributed by atoms with E-state index in [1.807, 2.05) is 0 Å². The van der Waals surface area contributed by atoms with Crippen molar-refractivity contribution < 1.29 is 23.5 Å². The number of carboxylic acid groups (broad SMARTS) is 1. The van der Waals surface area contributed by atoms with Gasteiger partial charge in [-0.25, -0.2) is 13.6 Å². The molecule has 0 aliphatic carbocycles. The summed E-state index contributed by atoms with van der Waals surface area (Å²) in [6.07, 6.45) is 0.111. The van der Waals surface area contributed by atoms with Gasteiger partial charge in [-0.1, -0.05) is 0 Å². The van der Waals surface area contributed by atoms with Crippen molar-refractivity contribution in [3.05, 3.63) is 28.2 Å². The fourth-order valence-corrected chi connectivity index (χ4v) is 1.92. The van der Waals surface area contributed by atoms with Crippen LogP contribution in [0.1, 0.15) is 26.7 Å². The van der Waals surface area contributed by atoms with Crippen LogP contribution in [0, 0.1) is 11.6 Å². The second kappa shape index (κ2) is 6.84. The van der Waals surface area contributed by atoms with Gasteiger partial charge in [-0.2, -0.15) is 0 Å². The molecular weight excluding hydrogens is 350 g/mol. The van der Waals surface area contributed by atoms with Crippen LogP contribution in [0.5, 0.6) is 0 Å². The molecule has 0 unspecified atom stereocenters. The molecule has 0 spiro atoms. The molecule has 0 aliphatic rings. The normalized spacial score (nSPS) is 11.1. The lowest BCUT2D eigenvalue weighted by atomic mass is 9.99. The first-order valence-corrected chi connectivity index (χ1v) is 6.85. The molecule has 1 aromatic carbocycles. The first-order chi connectivity index (χ1) is 9.60. The van der Waals surface area contributed by atoms with Crippen molar-refractivity contribution in [1.29, 1.82) is 0 Å². The van der Waals surface area contributed by atoms with Gasteiger partial charge in [-0.05, 0) is 42.3 Å². The minimum Gasteiger partial charge on any atom is -0.481 e. The number of halogens is 3. The number of carboxylic acids is 1. The Labute approximate surface area is 128 Å². The highest BCUT2D eigenvalue weighted by molar-refractivity contribution is 9.10. The Hall–Kier alpha value is -1.70. The Bertz CT molecular complexity index is 565. The molecule has 0 atom stereocenters. The lowest BCUT2D eigenvalue weighted by Crippen LogP contribution is -2.45. The number of carbonyl (C=O) groups is 2. The van der Waals surface area contributed by atoms with E-state index in [1.54, 1.807) is 13.8 Å². The standard InChI is InChI=1S/C13H15BrF2N2O3/c1-13(2,4-3-10(19)20)18-12(21)17-9-6-7(15)5-8(16)11(9)14/h5-6H,3-4H2,1-2H3,(H,19,20)(H2,17,18,21). The van der Waals surface area contributed by atoms with Crippen molar-refractivity contribution in [2.24, 2.45) is 0 Å². The zero-order chi connectivity index (χ0) is 16.2. The molecule has 0 saturated carbocycles. The van der Waals surface area contributed by atoms with E-state index in [2.05, 4.69) is 26.6 Å². The molecule has 1 aromatic rings. The topological polar surface area (TPSA) is 78.4 Å². The fourth-order valence-electron chi connectivity index (χ4n) is 1.59. The first-order valence-electron chi connectivity index (χ1n) is 6.06. The molecule has 0 radical (unpaired) electrons. The van der Waals surface area contributed by atoms with E-state index < -0.39 is 29.2 Å². The quantitative estimate of drug-likeness (QED) is 0.699. The SMILES string of the molecule is CC(C)(CCC(=O)O)NC(=O)Nc1cc(F)cc(F)c1Br. The van der Waals surface area contributed by atoms with Crippen molar-refractivity contribution in [2.45, 2.75) is 32.2 Å².